The van der Waals surface area contributed by atoms with Crippen molar-refractivity contribution < 1.29 is 9.47 Å². The minimum atomic E-state index is 0.389. The largest absolute Gasteiger partial charge is 0.490 e. The zero-order valence-electron chi connectivity index (χ0n) is 15.1. The van der Waals surface area contributed by atoms with Crippen LogP contribution in [-0.4, -0.2) is 12.6 Å². The number of rotatable bonds is 8. The predicted octanol–water partition coefficient (Wildman–Crippen LogP) is 6.00. The smallest absolute Gasteiger partial charge is 0.180 e. The lowest BCUT2D eigenvalue weighted by molar-refractivity contribution is 0.269. The monoisotopic (exact) mass is 393 g/mol. The average molecular weight is 394 g/mol. The quantitative estimate of drug-likeness (QED) is 0.595. The summed E-state index contributed by atoms with van der Waals surface area (Å²) in [6.45, 7) is 3.69. The van der Waals surface area contributed by atoms with Crippen molar-refractivity contribution in [2.75, 3.05) is 6.61 Å². The highest BCUT2D eigenvalue weighted by Crippen LogP contribution is 2.37. The Hall–Kier alpha value is -1.42. The normalized spacial score (nSPS) is 14.6. The molecule has 1 fully saturated rings. The molecule has 3 rings (SSSR count). The van der Waals surface area contributed by atoms with Crippen molar-refractivity contribution in [3.05, 3.63) is 57.6 Å². The summed E-state index contributed by atoms with van der Waals surface area (Å²) in [5.41, 5.74) is 2.10. The fourth-order valence-electron chi connectivity index (χ4n) is 3.30. The molecule has 0 bridgehead atoms. The van der Waals surface area contributed by atoms with E-state index in [0.717, 1.165) is 17.7 Å². The van der Waals surface area contributed by atoms with Crippen LogP contribution in [-0.2, 0) is 13.2 Å². The zero-order valence-corrected chi connectivity index (χ0v) is 16.6. The number of hydrogen-bond donors (Lipinski definition) is 1. The topological polar surface area (TPSA) is 30.5 Å². The van der Waals surface area contributed by atoms with Gasteiger partial charge in [-0.1, -0.05) is 48.2 Å². The van der Waals surface area contributed by atoms with Gasteiger partial charge < -0.3 is 14.8 Å². The van der Waals surface area contributed by atoms with Crippen molar-refractivity contribution in [1.82, 2.24) is 5.32 Å². The van der Waals surface area contributed by atoms with Gasteiger partial charge in [0.2, 0.25) is 0 Å². The summed E-state index contributed by atoms with van der Waals surface area (Å²) in [6.07, 6.45) is 5.15. The maximum absolute atomic E-state index is 6.50. The van der Waals surface area contributed by atoms with Crippen molar-refractivity contribution in [2.45, 2.75) is 51.8 Å². The van der Waals surface area contributed by atoms with Crippen molar-refractivity contribution >= 4 is 23.2 Å². The highest BCUT2D eigenvalue weighted by atomic mass is 35.5. The van der Waals surface area contributed by atoms with Gasteiger partial charge in [-0.3, -0.25) is 0 Å². The Balaban J connectivity index is 1.71. The Morgan fingerprint density at radius 2 is 1.85 bits per heavy atom. The molecule has 2 aromatic rings. The summed E-state index contributed by atoms with van der Waals surface area (Å²) in [6, 6.07) is 12.2. The average Bonchev–Trinajstić information content (AvgIpc) is 3.13. The minimum Gasteiger partial charge on any atom is -0.490 e. The van der Waals surface area contributed by atoms with Crippen LogP contribution in [0.3, 0.4) is 0 Å². The molecular weight excluding hydrogens is 369 g/mol. The molecule has 0 unspecified atom stereocenters. The van der Waals surface area contributed by atoms with Crippen LogP contribution in [0.5, 0.6) is 11.5 Å². The van der Waals surface area contributed by atoms with Crippen LogP contribution in [0.2, 0.25) is 10.0 Å². The van der Waals surface area contributed by atoms with Gasteiger partial charge in [0.1, 0.15) is 6.61 Å². The number of ether oxygens (including phenoxy) is 2. The van der Waals surface area contributed by atoms with Crippen LogP contribution >= 0.6 is 23.2 Å². The fourth-order valence-corrected chi connectivity index (χ4v) is 3.80. The molecule has 2 aromatic carbocycles. The summed E-state index contributed by atoms with van der Waals surface area (Å²) in [7, 11) is 0. The predicted molar refractivity (Wildman–Crippen MR) is 108 cm³/mol. The lowest BCUT2D eigenvalue weighted by Crippen LogP contribution is -2.25. The second kappa shape index (κ2) is 9.50. The van der Waals surface area contributed by atoms with E-state index >= 15 is 0 Å². The molecule has 26 heavy (non-hydrogen) atoms. The lowest BCUT2D eigenvalue weighted by Gasteiger charge is -2.17. The molecule has 1 saturated carbocycles. The van der Waals surface area contributed by atoms with Gasteiger partial charge in [-0.15, -0.1) is 0 Å². The molecule has 5 heteroatoms. The first-order valence-electron chi connectivity index (χ1n) is 9.21. The maximum Gasteiger partial charge on any atom is 0.180 e. The molecular formula is C21H25Cl2NO2. The molecule has 3 nitrogen and oxygen atoms in total. The summed E-state index contributed by atoms with van der Waals surface area (Å²) in [5, 5.41) is 4.87. The van der Waals surface area contributed by atoms with Crippen LogP contribution in [0, 0.1) is 0 Å². The van der Waals surface area contributed by atoms with Gasteiger partial charge in [-0.25, -0.2) is 0 Å². The maximum atomic E-state index is 6.50. The van der Waals surface area contributed by atoms with Crippen molar-refractivity contribution in [3.63, 3.8) is 0 Å². The van der Waals surface area contributed by atoms with Crippen LogP contribution in [0.25, 0.3) is 0 Å². The molecule has 0 aliphatic heterocycles. The number of halogens is 2. The molecule has 0 heterocycles. The van der Waals surface area contributed by atoms with Gasteiger partial charge >= 0.3 is 0 Å². The van der Waals surface area contributed by atoms with E-state index in [1.807, 2.05) is 43.3 Å². The summed E-state index contributed by atoms with van der Waals surface area (Å²) < 4.78 is 11.7. The SMILES string of the molecule is CCOc1cc(CNC2CCCC2)cc(Cl)c1OCc1cccc(Cl)c1. The van der Waals surface area contributed by atoms with E-state index in [2.05, 4.69) is 5.32 Å². The number of benzene rings is 2. The molecule has 0 aromatic heterocycles. The van der Waals surface area contributed by atoms with Crippen molar-refractivity contribution in [1.29, 1.82) is 0 Å². The van der Waals surface area contributed by atoms with Crippen LogP contribution in [0.1, 0.15) is 43.7 Å². The van der Waals surface area contributed by atoms with Gasteiger partial charge in [0.05, 0.1) is 11.6 Å². The summed E-state index contributed by atoms with van der Waals surface area (Å²) in [4.78, 5) is 0. The molecule has 0 amide bonds. The Kier molecular flexibility index (Phi) is 7.07. The number of hydrogen-bond acceptors (Lipinski definition) is 3. The molecule has 0 spiro atoms. The highest BCUT2D eigenvalue weighted by Gasteiger charge is 2.16. The number of nitrogens with one attached hydrogen (secondary N) is 1. The van der Waals surface area contributed by atoms with Gasteiger partial charge in [0.15, 0.2) is 11.5 Å². The minimum absolute atomic E-state index is 0.389. The Morgan fingerprint density at radius 1 is 1.04 bits per heavy atom. The van der Waals surface area contributed by atoms with E-state index in [0.29, 0.717) is 40.8 Å². The van der Waals surface area contributed by atoms with Gasteiger partial charge in [-0.2, -0.15) is 0 Å². The van der Waals surface area contributed by atoms with Crippen LogP contribution in [0.4, 0.5) is 0 Å². The Morgan fingerprint density at radius 3 is 2.58 bits per heavy atom. The Labute approximate surface area is 165 Å². The van der Waals surface area contributed by atoms with E-state index in [1.54, 1.807) is 0 Å². The van der Waals surface area contributed by atoms with Crippen molar-refractivity contribution in [2.24, 2.45) is 0 Å². The third-order valence-electron chi connectivity index (χ3n) is 4.59. The summed E-state index contributed by atoms with van der Waals surface area (Å²) >= 11 is 12.5. The zero-order chi connectivity index (χ0) is 18.4. The first-order chi connectivity index (χ1) is 12.7. The second-order valence-corrected chi connectivity index (χ2v) is 7.46. The van der Waals surface area contributed by atoms with Gasteiger partial charge in [-0.05, 0) is 55.2 Å². The first kappa shape index (κ1) is 19.3. The molecule has 0 atom stereocenters. The molecule has 1 aliphatic carbocycles. The van der Waals surface area contributed by atoms with Crippen LogP contribution < -0.4 is 14.8 Å². The van der Waals surface area contributed by atoms with E-state index < -0.39 is 0 Å². The standard InChI is InChI=1S/C21H25Cl2NO2/c1-2-25-20-12-16(13-24-18-8-3-4-9-18)11-19(23)21(20)26-14-15-6-5-7-17(22)10-15/h5-7,10-12,18,24H,2-4,8-9,13-14H2,1H3. The third kappa shape index (κ3) is 5.29. The second-order valence-electron chi connectivity index (χ2n) is 6.62. The lowest BCUT2D eigenvalue weighted by atomic mass is 10.1. The third-order valence-corrected chi connectivity index (χ3v) is 5.11. The molecule has 140 valence electrons. The van der Waals surface area contributed by atoms with Crippen molar-refractivity contribution in [3.8, 4) is 11.5 Å². The van der Waals surface area contributed by atoms with Gasteiger partial charge in [0, 0.05) is 17.6 Å². The molecule has 1 aliphatic rings. The molecule has 0 radical (unpaired) electrons. The fraction of sp³-hybridized carbons (Fsp3) is 0.429. The highest BCUT2D eigenvalue weighted by molar-refractivity contribution is 6.32. The van der Waals surface area contributed by atoms with E-state index in [-0.39, 0.29) is 0 Å². The van der Waals surface area contributed by atoms with Crippen LogP contribution in [0.15, 0.2) is 36.4 Å². The van der Waals surface area contributed by atoms with Gasteiger partial charge in [0.25, 0.3) is 0 Å². The summed E-state index contributed by atoms with van der Waals surface area (Å²) in [5.74, 6) is 1.27. The molecule has 0 saturated heterocycles. The Bertz CT molecular complexity index is 730. The van der Waals surface area contributed by atoms with E-state index in [9.17, 15) is 0 Å². The molecule has 1 N–H and O–H groups in total. The first-order valence-corrected chi connectivity index (χ1v) is 9.97. The van der Waals surface area contributed by atoms with E-state index in [4.69, 9.17) is 32.7 Å². The van der Waals surface area contributed by atoms with E-state index in [1.165, 1.54) is 25.7 Å².